The van der Waals surface area contributed by atoms with Crippen LogP contribution in [0.25, 0.3) is 11.3 Å². The van der Waals surface area contributed by atoms with Crippen LogP contribution < -0.4 is 10.2 Å². The van der Waals surface area contributed by atoms with Crippen LogP contribution in [0.4, 0.5) is 11.5 Å². The standard InChI is InChI=1S/C24H29N4O2PS/c1-6-31(30-5)16-32-20-13-11-19(12-14-20)26-24(29)22-23(28(3)4)25-15-21(27-22)18-9-7-17(2)8-10-18/h7-15H,6,16H2,1-5H3,(H,26,29). The topological polar surface area (TPSA) is 67.4 Å². The maximum absolute atomic E-state index is 13.1. The Morgan fingerprint density at radius 3 is 2.41 bits per heavy atom. The Morgan fingerprint density at radius 1 is 1.12 bits per heavy atom. The van der Waals surface area contributed by atoms with Gasteiger partial charge in [-0.3, -0.25) is 4.79 Å². The van der Waals surface area contributed by atoms with Crippen LogP contribution in [-0.4, -0.2) is 48.7 Å². The van der Waals surface area contributed by atoms with Gasteiger partial charge in [-0.05, 0) is 37.4 Å². The van der Waals surface area contributed by atoms with Gasteiger partial charge in [-0.25, -0.2) is 9.97 Å². The quantitative estimate of drug-likeness (QED) is 0.312. The molecule has 1 aromatic heterocycles. The summed E-state index contributed by atoms with van der Waals surface area (Å²) in [5, 5.41) is 2.96. The maximum atomic E-state index is 13.1. The molecule has 6 nitrogen and oxygen atoms in total. The average molecular weight is 469 g/mol. The van der Waals surface area contributed by atoms with Crippen LogP contribution in [-0.2, 0) is 4.52 Å². The summed E-state index contributed by atoms with van der Waals surface area (Å²) in [7, 11) is 5.08. The summed E-state index contributed by atoms with van der Waals surface area (Å²) in [6.45, 7) is 4.18. The molecule has 1 N–H and O–H groups in total. The van der Waals surface area contributed by atoms with Crippen molar-refractivity contribution in [2.75, 3.05) is 43.1 Å². The number of aromatic nitrogens is 2. The number of nitrogens with one attached hydrogen (secondary N) is 1. The molecule has 3 aromatic rings. The maximum Gasteiger partial charge on any atom is 0.278 e. The van der Waals surface area contributed by atoms with E-state index < -0.39 is 8.15 Å². The van der Waals surface area contributed by atoms with Crippen molar-refractivity contribution in [2.24, 2.45) is 0 Å². The number of carbonyl (C=O) groups excluding carboxylic acids is 1. The number of nitrogens with zero attached hydrogens (tertiary/aromatic N) is 3. The molecular formula is C24H29N4O2PS. The number of carbonyl (C=O) groups is 1. The molecule has 0 spiro atoms. The van der Waals surface area contributed by atoms with E-state index in [1.807, 2.05) is 69.6 Å². The summed E-state index contributed by atoms with van der Waals surface area (Å²) in [5.41, 5.74) is 4.72. The van der Waals surface area contributed by atoms with Crippen molar-refractivity contribution in [3.05, 3.63) is 66.0 Å². The molecule has 0 aliphatic rings. The van der Waals surface area contributed by atoms with Gasteiger partial charge < -0.3 is 14.7 Å². The second-order valence-electron chi connectivity index (χ2n) is 7.42. The molecule has 0 fully saturated rings. The lowest BCUT2D eigenvalue weighted by molar-refractivity contribution is 0.102. The molecule has 2 aromatic carbocycles. The van der Waals surface area contributed by atoms with E-state index in [0.29, 0.717) is 17.2 Å². The Labute approximate surface area is 195 Å². The lowest BCUT2D eigenvalue weighted by atomic mass is 10.1. The normalized spacial score (nSPS) is 11.8. The van der Waals surface area contributed by atoms with Crippen molar-refractivity contribution in [1.29, 1.82) is 0 Å². The largest absolute Gasteiger partial charge is 0.362 e. The molecule has 1 amide bonds. The van der Waals surface area contributed by atoms with Crippen LogP contribution in [0.5, 0.6) is 0 Å². The highest BCUT2D eigenvalue weighted by atomic mass is 32.2. The van der Waals surface area contributed by atoms with Crippen molar-refractivity contribution in [3.63, 3.8) is 0 Å². The van der Waals surface area contributed by atoms with Gasteiger partial charge in [0.2, 0.25) is 0 Å². The van der Waals surface area contributed by atoms with E-state index >= 15 is 0 Å². The number of hydrogen-bond acceptors (Lipinski definition) is 6. The van der Waals surface area contributed by atoms with Crippen LogP contribution in [0.15, 0.2) is 59.6 Å². The first-order valence-electron chi connectivity index (χ1n) is 10.4. The van der Waals surface area contributed by atoms with E-state index in [0.717, 1.165) is 27.8 Å². The van der Waals surface area contributed by atoms with E-state index in [-0.39, 0.29) is 5.91 Å². The number of hydrogen-bond donors (Lipinski definition) is 1. The van der Waals surface area contributed by atoms with Crippen molar-refractivity contribution < 1.29 is 9.32 Å². The number of benzene rings is 2. The van der Waals surface area contributed by atoms with Gasteiger partial charge in [0.1, 0.15) is 0 Å². The van der Waals surface area contributed by atoms with E-state index in [1.54, 1.807) is 30.0 Å². The highest BCUT2D eigenvalue weighted by molar-refractivity contribution is 8.04. The Balaban J connectivity index is 1.77. The summed E-state index contributed by atoms with van der Waals surface area (Å²) in [6, 6.07) is 15.9. The van der Waals surface area contributed by atoms with Crippen LogP contribution in [0.3, 0.4) is 0 Å². The Kier molecular flexibility index (Phi) is 8.62. The summed E-state index contributed by atoms with van der Waals surface area (Å²) < 4.78 is 5.49. The zero-order valence-corrected chi connectivity index (χ0v) is 20.8. The zero-order valence-electron chi connectivity index (χ0n) is 19.1. The molecule has 1 heterocycles. The molecule has 0 bridgehead atoms. The number of aryl methyl sites for hydroxylation is 1. The smallest absolute Gasteiger partial charge is 0.278 e. The predicted molar refractivity (Wildman–Crippen MR) is 136 cm³/mol. The van der Waals surface area contributed by atoms with E-state index in [1.165, 1.54) is 5.56 Å². The zero-order chi connectivity index (χ0) is 23.1. The fourth-order valence-corrected chi connectivity index (χ4v) is 5.88. The van der Waals surface area contributed by atoms with Gasteiger partial charge in [0, 0.05) is 51.0 Å². The Morgan fingerprint density at radius 2 is 1.81 bits per heavy atom. The number of rotatable bonds is 9. The van der Waals surface area contributed by atoms with Crippen molar-refractivity contribution >= 4 is 37.3 Å². The molecule has 1 unspecified atom stereocenters. The third kappa shape index (κ3) is 6.28. The van der Waals surface area contributed by atoms with Crippen LogP contribution >= 0.6 is 19.9 Å². The van der Waals surface area contributed by atoms with E-state index in [9.17, 15) is 4.79 Å². The number of anilines is 2. The highest BCUT2D eigenvalue weighted by Gasteiger charge is 2.18. The lowest BCUT2D eigenvalue weighted by Gasteiger charge is -2.16. The molecule has 3 rings (SSSR count). The van der Waals surface area contributed by atoms with Gasteiger partial charge in [-0.15, -0.1) is 11.8 Å². The molecule has 1 atom stereocenters. The van der Waals surface area contributed by atoms with Crippen LogP contribution in [0.1, 0.15) is 23.0 Å². The molecule has 32 heavy (non-hydrogen) atoms. The first-order chi connectivity index (χ1) is 15.4. The van der Waals surface area contributed by atoms with Gasteiger partial charge in [-0.2, -0.15) is 0 Å². The van der Waals surface area contributed by atoms with Crippen molar-refractivity contribution in [3.8, 4) is 11.3 Å². The highest BCUT2D eigenvalue weighted by Crippen LogP contribution is 2.41. The van der Waals surface area contributed by atoms with Gasteiger partial charge in [-0.1, -0.05) is 36.8 Å². The van der Waals surface area contributed by atoms with E-state index in [4.69, 9.17) is 4.52 Å². The molecular weight excluding hydrogens is 439 g/mol. The molecule has 0 aliphatic heterocycles. The minimum atomic E-state index is -0.393. The fourth-order valence-electron chi connectivity index (χ4n) is 2.97. The minimum Gasteiger partial charge on any atom is -0.362 e. The molecule has 8 heteroatoms. The fraction of sp³-hybridized carbons (Fsp3) is 0.292. The second-order valence-corrected chi connectivity index (χ2v) is 11.2. The third-order valence-electron chi connectivity index (χ3n) is 4.84. The number of amides is 1. The van der Waals surface area contributed by atoms with E-state index in [2.05, 4.69) is 22.2 Å². The summed E-state index contributed by atoms with van der Waals surface area (Å²) in [5.74, 6) is 0.238. The van der Waals surface area contributed by atoms with Gasteiger partial charge in [0.25, 0.3) is 5.91 Å². The van der Waals surface area contributed by atoms with Gasteiger partial charge in [0.15, 0.2) is 11.5 Å². The van der Waals surface area contributed by atoms with Crippen molar-refractivity contribution in [2.45, 2.75) is 18.7 Å². The monoisotopic (exact) mass is 468 g/mol. The van der Waals surface area contributed by atoms with Crippen LogP contribution in [0.2, 0.25) is 0 Å². The summed E-state index contributed by atoms with van der Waals surface area (Å²) in [6.07, 6.45) is 2.75. The summed E-state index contributed by atoms with van der Waals surface area (Å²) >= 11 is 1.77. The predicted octanol–water partition coefficient (Wildman–Crippen LogP) is 5.88. The third-order valence-corrected chi connectivity index (χ3v) is 8.33. The first-order valence-corrected chi connectivity index (χ1v) is 13.0. The van der Waals surface area contributed by atoms with Crippen molar-refractivity contribution in [1.82, 2.24) is 9.97 Å². The Bertz CT molecular complexity index is 1040. The molecule has 168 valence electrons. The molecule has 0 saturated heterocycles. The average Bonchev–Trinajstić information content (AvgIpc) is 2.80. The number of thioether (sulfide) groups is 1. The van der Waals surface area contributed by atoms with Crippen LogP contribution in [0, 0.1) is 6.92 Å². The molecule has 0 saturated carbocycles. The molecule has 0 radical (unpaired) electrons. The molecule has 0 aliphatic carbocycles. The first kappa shape index (κ1) is 24.2. The Hall–Kier alpha value is -2.47. The van der Waals surface area contributed by atoms with Gasteiger partial charge in [0.05, 0.1) is 11.9 Å². The SMILES string of the molecule is CCP(CSc1ccc(NC(=O)c2nc(-c3ccc(C)cc3)cnc2N(C)C)cc1)OC. The second kappa shape index (κ2) is 11.4. The summed E-state index contributed by atoms with van der Waals surface area (Å²) in [4.78, 5) is 25.2. The lowest BCUT2D eigenvalue weighted by Crippen LogP contribution is -2.21. The minimum absolute atomic E-state index is 0.288. The van der Waals surface area contributed by atoms with Gasteiger partial charge >= 0.3 is 0 Å².